The average molecular weight is 401 g/mol. The minimum atomic E-state index is -0.684. The fraction of sp³-hybridized carbons (Fsp3) is 0.0870. The molecule has 0 saturated heterocycles. The number of benzene rings is 2. The van der Waals surface area contributed by atoms with Crippen molar-refractivity contribution in [3.8, 4) is 28.6 Å². The van der Waals surface area contributed by atoms with E-state index in [1.165, 1.54) is 6.07 Å². The van der Waals surface area contributed by atoms with E-state index < -0.39 is 28.8 Å². The Bertz CT molecular complexity index is 1350. The maximum absolute atomic E-state index is 12.9. The molecule has 0 unspecified atom stereocenters. The van der Waals surface area contributed by atoms with Crippen LogP contribution in [0.25, 0.3) is 22.3 Å². The molecule has 2 aromatic heterocycles. The first-order valence-electron chi connectivity index (χ1n) is 9.26. The second-order valence-electron chi connectivity index (χ2n) is 7.00. The fourth-order valence-corrected chi connectivity index (χ4v) is 3.82. The molecule has 3 heterocycles. The van der Waals surface area contributed by atoms with Crippen LogP contribution in [0.1, 0.15) is 23.5 Å². The number of aromatic nitrogens is 1. The molecule has 1 aliphatic heterocycles. The SMILES string of the molecule is O=C1C[C@H](c2cccnc2)c2c(c(O)c(O)c3c(=O)cc(-c4ccccc4)oc23)O1. The zero-order valence-electron chi connectivity index (χ0n) is 15.5. The van der Waals surface area contributed by atoms with E-state index in [2.05, 4.69) is 4.98 Å². The Morgan fingerprint density at radius 2 is 1.80 bits per heavy atom. The minimum Gasteiger partial charge on any atom is -0.504 e. The first-order valence-corrected chi connectivity index (χ1v) is 9.26. The monoisotopic (exact) mass is 401 g/mol. The van der Waals surface area contributed by atoms with Gasteiger partial charge in [-0.25, -0.2) is 0 Å². The maximum Gasteiger partial charge on any atom is 0.312 e. The lowest BCUT2D eigenvalue weighted by atomic mass is 9.85. The number of hydrogen-bond acceptors (Lipinski definition) is 7. The summed E-state index contributed by atoms with van der Waals surface area (Å²) in [4.78, 5) is 29.2. The van der Waals surface area contributed by atoms with Gasteiger partial charge in [0.15, 0.2) is 16.9 Å². The zero-order chi connectivity index (χ0) is 20.8. The van der Waals surface area contributed by atoms with Crippen molar-refractivity contribution in [2.24, 2.45) is 0 Å². The molecule has 0 saturated carbocycles. The Kier molecular flexibility index (Phi) is 4.03. The number of phenolic OH excluding ortho intramolecular Hbond substituents is 2. The lowest BCUT2D eigenvalue weighted by Crippen LogP contribution is -2.22. The summed E-state index contributed by atoms with van der Waals surface area (Å²) in [6, 6.07) is 13.8. The van der Waals surface area contributed by atoms with Crippen LogP contribution in [0.4, 0.5) is 0 Å². The Labute approximate surface area is 169 Å². The van der Waals surface area contributed by atoms with Gasteiger partial charge in [-0.3, -0.25) is 14.6 Å². The molecule has 30 heavy (non-hydrogen) atoms. The van der Waals surface area contributed by atoms with Gasteiger partial charge >= 0.3 is 5.97 Å². The van der Waals surface area contributed by atoms with Crippen LogP contribution < -0.4 is 10.2 Å². The first-order chi connectivity index (χ1) is 14.5. The quantitative estimate of drug-likeness (QED) is 0.299. The molecule has 148 valence electrons. The van der Waals surface area contributed by atoms with Gasteiger partial charge in [0, 0.05) is 29.9 Å². The molecule has 1 atom stereocenters. The molecular formula is C23H15NO6. The molecule has 7 nitrogen and oxygen atoms in total. The van der Waals surface area contributed by atoms with Crippen molar-refractivity contribution in [2.75, 3.05) is 0 Å². The van der Waals surface area contributed by atoms with Gasteiger partial charge in [0.2, 0.25) is 5.75 Å². The number of hydrogen-bond donors (Lipinski definition) is 2. The van der Waals surface area contributed by atoms with Crippen LogP contribution >= 0.6 is 0 Å². The average Bonchev–Trinajstić information content (AvgIpc) is 2.77. The summed E-state index contributed by atoms with van der Waals surface area (Å²) in [5.41, 5.74) is 1.22. The predicted molar refractivity (Wildman–Crippen MR) is 108 cm³/mol. The second-order valence-corrected chi connectivity index (χ2v) is 7.00. The van der Waals surface area contributed by atoms with Crippen molar-refractivity contribution in [2.45, 2.75) is 12.3 Å². The van der Waals surface area contributed by atoms with Crippen molar-refractivity contribution in [3.05, 3.63) is 82.3 Å². The molecule has 7 heteroatoms. The highest BCUT2D eigenvalue weighted by Gasteiger charge is 2.36. The first kappa shape index (κ1) is 17.9. The van der Waals surface area contributed by atoms with Crippen molar-refractivity contribution in [1.82, 2.24) is 4.98 Å². The number of fused-ring (bicyclic) bond motifs is 3. The number of aromatic hydroxyl groups is 2. The van der Waals surface area contributed by atoms with Crippen LogP contribution in [0.2, 0.25) is 0 Å². The maximum atomic E-state index is 12.9. The molecule has 0 amide bonds. The third kappa shape index (κ3) is 2.71. The van der Waals surface area contributed by atoms with Gasteiger partial charge in [-0.1, -0.05) is 36.4 Å². The van der Waals surface area contributed by atoms with Crippen LogP contribution in [0.15, 0.2) is 70.1 Å². The van der Waals surface area contributed by atoms with Crippen LogP contribution in [0.3, 0.4) is 0 Å². The van der Waals surface area contributed by atoms with Crippen molar-refractivity contribution < 1.29 is 24.2 Å². The molecule has 0 bridgehead atoms. The standard InChI is InChI=1S/C23H15NO6/c25-15-10-16(12-5-2-1-3-6-12)29-22-18-14(13-7-4-8-24-11-13)9-17(26)30-23(18)21(28)20(27)19(15)22/h1-8,10-11,14,27-28H,9H2/t14-/m1/s1. The third-order valence-electron chi connectivity index (χ3n) is 5.19. The van der Waals surface area contributed by atoms with E-state index in [4.69, 9.17) is 9.15 Å². The van der Waals surface area contributed by atoms with Gasteiger partial charge in [-0.15, -0.1) is 0 Å². The Morgan fingerprint density at radius 1 is 1.00 bits per heavy atom. The summed E-state index contributed by atoms with van der Waals surface area (Å²) in [7, 11) is 0. The van der Waals surface area contributed by atoms with Gasteiger partial charge < -0.3 is 19.4 Å². The van der Waals surface area contributed by atoms with Gasteiger partial charge in [0.25, 0.3) is 0 Å². The molecule has 0 radical (unpaired) electrons. The van der Waals surface area contributed by atoms with Crippen molar-refractivity contribution in [3.63, 3.8) is 0 Å². The lowest BCUT2D eigenvalue weighted by Gasteiger charge is -2.26. The number of esters is 1. The van der Waals surface area contributed by atoms with E-state index in [1.807, 2.05) is 18.2 Å². The van der Waals surface area contributed by atoms with Gasteiger partial charge in [-0.05, 0) is 11.6 Å². The van der Waals surface area contributed by atoms with Crippen molar-refractivity contribution >= 4 is 16.9 Å². The highest BCUT2D eigenvalue weighted by Crippen LogP contribution is 2.51. The van der Waals surface area contributed by atoms with Crippen LogP contribution in [-0.2, 0) is 4.79 Å². The molecule has 1 aliphatic rings. The van der Waals surface area contributed by atoms with E-state index in [0.29, 0.717) is 22.5 Å². The summed E-state index contributed by atoms with van der Waals surface area (Å²) < 4.78 is 11.3. The predicted octanol–water partition coefficient (Wildman–Crippen LogP) is 3.71. The molecular weight excluding hydrogens is 386 g/mol. The number of nitrogens with zero attached hydrogens (tertiary/aromatic N) is 1. The summed E-state index contributed by atoms with van der Waals surface area (Å²) in [5, 5.41) is 20.8. The van der Waals surface area contributed by atoms with Crippen LogP contribution in [0, 0.1) is 0 Å². The number of phenols is 2. The number of carbonyl (C=O) groups is 1. The van der Waals surface area contributed by atoms with Gasteiger partial charge in [-0.2, -0.15) is 0 Å². The normalized spacial score (nSPS) is 15.6. The largest absolute Gasteiger partial charge is 0.504 e. The molecule has 5 rings (SSSR count). The topological polar surface area (TPSA) is 110 Å². The van der Waals surface area contributed by atoms with E-state index >= 15 is 0 Å². The fourth-order valence-electron chi connectivity index (χ4n) is 3.82. The minimum absolute atomic E-state index is 0.0305. The zero-order valence-corrected chi connectivity index (χ0v) is 15.5. The van der Waals surface area contributed by atoms with Gasteiger partial charge in [0.05, 0.1) is 12.0 Å². The van der Waals surface area contributed by atoms with E-state index in [-0.39, 0.29) is 23.1 Å². The van der Waals surface area contributed by atoms with E-state index in [0.717, 1.165) is 0 Å². The van der Waals surface area contributed by atoms with Gasteiger partial charge in [0.1, 0.15) is 16.7 Å². The smallest absolute Gasteiger partial charge is 0.312 e. The third-order valence-corrected chi connectivity index (χ3v) is 5.19. The molecule has 2 N–H and O–H groups in total. The number of carbonyl (C=O) groups excluding carboxylic acids is 1. The Hall–Kier alpha value is -4.13. The summed E-state index contributed by atoms with van der Waals surface area (Å²) >= 11 is 0. The number of pyridine rings is 1. The van der Waals surface area contributed by atoms with E-state index in [9.17, 15) is 19.8 Å². The molecule has 4 aromatic rings. The summed E-state index contributed by atoms with van der Waals surface area (Å²) in [6.07, 6.45) is 3.17. The van der Waals surface area contributed by atoms with Crippen molar-refractivity contribution in [1.29, 1.82) is 0 Å². The molecule has 0 fully saturated rings. The molecule has 2 aromatic carbocycles. The molecule has 0 aliphatic carbocycles. The Balaban J connectivity index is 1.89. The number of ether oxygens (including phenoxy) is 1. The number of rotatable bonds is 2. The van der Waals surface area contributed by atoms with Crippen LogP contribution in [0.5, 0.6) is 17.2 Å². The Morgan fingerprint density at radius 3 is 2.53 bits per heavy atom. The highest BCUT2D eigenvalue weighted by atomic mass is 16.5. The summed E-state index contributed by atoms with van der Waals surface area (Å²) in [5.74, 6) is -2.42. The summed E-state index contributed by atoms with van der Waals surface area (Å²) in [6.45, 7) is 0. The van der Waals surface area contributed by atoms with E-state index in [1.54, 1.807) is 36.7 Å². The molecule has 0 spiro atoms. The van der Waals surface area contributed by atoms with Crippen LogP contribution in [-0.4, -0.2) is 21.2 Å². The highest BCUT2D eigenvalue weighted by molar-refractivity contribution is 5.96. The second kappa shape index (κ2) is 6.73. The lowest BCUT2D eigenvalue weighted by molar-refractivity contribution is -0.135.